The maximum absolute atomic E-state index is 15.1. The number of amidine groups is 1. The molecule has 0 spiro atoms. The second-order valence-corrected chi connectivity index (χ2v) is 9.12. The number of likely N-dealkylation sites (N-methyl/N-ethyl adjacent to an activating group) is 1. The number of anilines is 2. The minimum Gasteiger partial charge on any atom is -0.402 e. The number of halogens is 2. The highest BCUT2D eigenvalue weighted by Gasteiger charge is 2.27. The number of carbonyl (C=O) groups is 1. The zero-order chi connectivity index (χ0) is 25.7. The molecule has 1 aliphatic heterocycles. The maximum atomic E-state index is 15.1. The third kappa shape index (κ3) is 6.67. The summed E-state index contributed by atoms with van der Waals surface area (Å²) in [5.74, 6) is 0.264. The van der Waals surface area contributed by atoms with Crippen molar-refractivity contribution in [2.45, 2.75) is 45.6 Å². The summed E-state index contributed by atoms with van der Waals surface area (Å²) in [7, 11) is 1.77. The number of aryl methyl sites for hydroxylation is 1. The number of hydrogen-bond acceptors (Lipinski definition) is 7. The highest BCUT2D eigenvalue weighted by Crippen LogP contribution is 2.34. The van der Waals surface area contributed by atoms with Crippen molar-refractivity contribution < 1.29 is 9.18 Å². The van der Waals surface area contributed by atoms with Crippen molar-refractivity contribution in [1.82, 2.24) is 20.2 Å². The number of piperidine rings is 1. The summed E-state index contributed by atoms with van der Waals surface area (Å²) >= 11 is 6.13. The van der Waals surface area contributed by atoms with Gasteiger partial charge in [0.1, 0.15) is 16.7 Å². The first-order chi connectivity index (χ1) is 16.6. The third-order valence-electron chi connectivity index (χ3n) is 5.99. The zero-order valence-corrected chi connectivity index (χ0v) is 21.2. The lowest BCUT2D eigenvalue weighted by Crippen LogP contribution is -2.46. The van der Waals surface area contributed by atoms with Crippen LogP contribution >= 0.6 is 11.6 Å². The van der Waals surface area contributed by atoms with Gasteiger partial charge < -0.3 is 27.0 Å². The number of nitrogens with two attached hydrogens (primary N) is 2. The molecule has 1 aromatic carbocycles. The number of allylic oxidation sites excluding steroid dienone is 1. The van der Waals surface area contributed by atoms with Crippen molar-refractivity contribution in [3.8, 4) is 0 Å². The van der Waals surface area contributed by atoms with E-state index >= 15 is 4.39 Å². The summed E-state index contributed by atoms with van der Waals surface area (Å²) < 4.78 is 15.1. The highest BCUT2D eigenvalue weighted by molar-refractivity contribution is 6.32. The Balaban J connectivity index is 1.75. The summed E-state index contributed by atoms with van der Waals surface area (Å²) in [4.78, 5) is 26.8. The topological polar surface area (TPSA) is 135 Å². The molecule has 3 rings (SSSR count). The number of amides is 1. The predicted octanol–water partition coefficient (Wildman–Crippen LogP) is 3.49. The summed E-state index contributed by atoms with van der Waals surface area (Å²) in [5.41, 5.74) is 14.1. The van der Waals surface area contributed by atoms with Gasteiger partial charge in [-0.3, -0.25) is 4.79 Å². The average molecular weight is 503 g/mol. The van der Waals surface area contributed by atoms with Crippen LogP contribution in [0.15, 0.2) is 35.1 Å². The van der Waals surface area contributed by atoms with E-state index in [9.17, 15) is 4.79 Å². The first-order valence-corrected chi connectivity index (χ1v) is 11.8. The Hall–Kier alpha value is -3.24. The van der Waals surface area contributed by atoms with E-state index in [-0.39, 0.29) is 46.2 Å². The maximum Gasteiger partial charge on any atom is 0.239 e. The van der Waals surface area contributed by atoms with Crippen molar-refractivity contribution in [3.05, 3.63) is 52.1 Å². The lowest BCUT2D eigenvalue weighted by atomic mass is 9.86. The molecule has 1 unspecified atom stereocenters. The van der Waals surface area contributed by atoms with Gasteiger partial charge in [0.05, 0.1) is 17.9 Å². The fourth-order valence-electron chi connectivity index (χ4n) is 4.05. The van der Waals surface area contributed by atoms with Gasteiger partial charge in [-0.05, 0) is 75.9 Å². The molecule has 1 aromatic heterocycles. The number of aromatic nitrogens is 2. The number of carbonyl (C=O) groups excluding carboxylic acids is 1. The van der Waals surface area contributed by atoms with Crippen molar-refractivity contribution in [2.24, 2.45) is 16.5 Å². The van der Waals surface area contributed by atoms with Crippen molar-refractivity contribution in [3.63, 3.8) is 0 Å². The summed E-state index contributed by atoms with van der Waals surface area (Å²) in [6.45, 7) is 6.79. The van der Waals surface area contributed by atoms with Crippen LogP contribution in [-0.4, -0.2) is 52.8 Å². The van der Waals surface area contributed by atoms with E-state index in [2.05, 4.69) is 25.6 Å². The van der Waals surface area contributed by atoms with E-state index in [1.54, 1.807) is 26.1 Å². The van der Waals surface area contributed by atoms with E-state index in [0.717, 1.165) is 24.0 Å². The van der Waals surface area contributed by atoms with Crippen LogP contribution in [-0.2, 0) is 4.79 Å². The molecule has 1 atom stereocenters. The lowest BCUT2D eigenvalue weighted by molar-refractivity contribution is -0.133. The monoisotopic (exact) mass is 502 g/mol. The van der Waals surface area contributed by atoms with Crippen LogP contribution in [0.4, 0.5) is 21.8 Å². The van der Waals surface area contributed by atoms with Gasteiger partial charge in [0.15, 0.2) is 5.82 Å². The van der Waals surface area contributed by atoms with Crippen LogP contribution in [0.5, 0.6) is 0 Å². The minimum absolute atomic E-state index is 0.0935. The second-order valence-electron chi connectivity index (χ2n) is 8.71. The van der Waals surface area contributed by atoms with Gasteiger partial charge >= 0.3 is 0 Å². The molecule has 35 heavy (non-hydrogen) atoms. The molecule has 0 saturated carbocycles. The van der Waals surface area contributed by atoms with Gasteiger partial charge in [-0.15, -0.1) is 0 Å². The Morgan fingerprint density at radius 1 is 1.34 bits per heavy atom. The molecule has 1 fully saturated rings. The van der Waals surface area contributed by atoms with Crippen LogP contribution in [0.2, 0.25) is 5.02 Å². The predicted molar refractivity (Wildman–Crippen MR) is 138 cm³/mol. The molecule has 1 saturated heterocycles. The Morgan fingerprint density at radius 2 is 2.03 bits per heavy atom. The quantitative estimate of drug-likeness (QED) is 0.336. The molecule has 0 radical (unpaired) electrons. The molecule has 11 heteroatoms. The van der Waals surface area contributed by atoms with E-state index in [1.165, 1.54) is 12.3 Å². The van der Waals surface area contributed by atoms with E-state index < -0.39 is 5.82 Å². The average Bonchev–Trinajstić information content (AvgIpc) is 2.82. The standard InChI is InChI=1S/C24H32ClFN8O/c1-13-9-20(31-24-30-12-18(25)22(33-24)32-21(28)10-14(2)27)19(26)11-17(13)16-5-7-34(8-6-16)23(35)15(3)29-4/h9-12,15-16,29H,5-8,27H2,1-4H3,(H3,28,30,31,32,33)/b14-10-. The smallest absolute Gasteiger partial charge is 0.239 e. The first-order valence-electron chi connectivity index (χ1n) is 11.4. The number of benzene rings is 1. The number of likely N-dealkylation sites (tertiary alicyclic amines) is 1. The van der Waals surface area contributed by atoms with Gasteiger partial charge in [0, 0.05) is 18.8 Å². The first kappa shape index (κ1) is 26.4. The number of rotatable bonds is 7. The van der Waals surface area contributed by atoms with Crippen LogP contribution in [0.3, 0.4) is 0 Å². The summed E-state index contributed by atoms with van der Waals surface area (Å²) in [5, 5.41) is 6.08. The van der Waals surface area contributed by atoms with Crippen LogP contribution in [0.1, 0.15) is 43.7 Å². The molecular formula is C24H32ClFN8O. The molecular weight excluding hydrogens is 471 g/mol. The van der Waals surface area contributed by atoms with Gasteiger partial charge in [-0.2, -0.15) is 4.98 Å². The van der Waals surface area contributed by atoms with E-state index in [4.69, 9.17) is 23.1 Å². The molecule has 2 aromatic rings. The van der Waals surface area contributed by atoms with Crippen LogP contribution in [0.25, 0.3) is 0 Å². The molecule has 0 aliphatic carbocycles. The van der Waals surface area contributed by atoms with Crippen molar-refractivity contribution >= 4 is 40.8 Å². The van der Waals surface area contributed by atoms with Gasteiger partial charge in [0.2, 0.25) is 11.9 Å². The highest BCUT2D eigenvalue weighted by atomic mass is 35.5. The fraction of sp³-hybridized carbons (Fsp3) is 0.417. The summed E-state index contributed by atoms with van der Waals surface area (Å²) in [6.07, 6.45) is 4.42. The SMILES string of the molecule is CNC(C)C(=O)N1CCC(c2cc(F)c(Nc3ncc(Cl)c(N=C(N)/C=C(/C)N)n3)cc2C)CC1. The summed E-state index contributed by atoms with van der Waals surface area (Å²) in [6, 6.07) is 3.08. The second kappa shape index (κ2) is 11.5. The van der Waals surface area contributed by atoms with Crippen molar-refractivity contribution in [2.75, 3.05) is 25.5 Å². The minimum atomic E-state index is -0.419. The third-order valence-corrected chi connectivity index (χ3v) is 6.25. The van der Waals surface area contributed by atoms with Crippen molar-refractivity contribution in [1.29, 1.82) is 0 Å². The molecule has 2 heterocycles. The van der Waals surface area contributed by atoms with Gasteiger partial charge in [-0.25, -0.2) is 14.4 Å². The molecule has 1 aliphatic rings. The number of aliphatic imine (C=N–C) groups is 1. The number of hydrogen-bond donors (Lipinski definition) is 4. The van der Waals surface area contributed by atoms with Gasteiger partial charge in [0.25, 0.3) is 0 Å². The van der Waals surface area contributed by atoms with E-state index in [1.807, 2.05) is 18.7 Å². The lowest BCUT2D eigenvalue weighted by Gasteiger charge is -2.34. The van der Waals surface area contributed by atoms with Crippen LogP contribution < -0.4 is 22.1 Å². The number of nitrogens with zero attached hydrogens (tertiary/aromatic N) is 4. The fourth-order valence-corrected chi connectivity index (χ4v) is 4.18. The Morgan fingerprint density at radius 3 is 2.66 bits per heavy atom. The normalized spacial score (nSPS) is 16.3. The van der Waals surface area contributed by atoms with E-state index in [0.29, 0.717) is 18.8 Å². The Labute approximate surface area is 209 Å². The molecule has 188 valence electrons. The van der Waals surface area contributed by atoms with Crippen LogP contribution in [0, 0.1) is 12.7 Å². The van der Waals surface area contributed by atoms with Gasteiger partial charge in [-0.1, -0.05) is 11.6 Å². The molecule has 0 bridgehead atoms. The molecule has 1 amide bonds. The Kier molecular flexibility index (Phi) is 8.63. The number of nitrogens with one attached hydrogen (secondary N) is 2. The molecule has 6 N–H and O–H groups in total. The Bertz CT molecular complexity index is 1140. The molecule has 9 nitrogen and oxygen atoms in total. The largest absolute Gasteiger partial charge is 0.402 e. The zero-order valence-electron chi connectivity index (χ0n) is 20.4.